The van der Waals surface area contributed by atoms with Crippen molar-refractivity contribution in [2.45, 2.75) is 114 Å². The Bertz CT molecular complexity index is 2990. The van der Waals surface area contributed by atoms with Crippen molar-refractivity contribution >= 4 is 67.9 Å². The Morgan fingerprint density at radius 2 is 1.04 bits per heavy atom. The molecule has 6 heterocycles. The number of thiazole rings is 2. The summed E-state index contributed by atoms with van der Waals surface area (Å²) in [4.78, 5) is 63.8. The molecule has 2 aromatic heterocycles. The van der Waals surface area contributed by atoms with Crippen LogP contribution in [0.2, 0.25) is 0 Å². The highest BCUT2D eigenvalue weighted by Gasteiger charge is 2.42. The molecule has 4 aromatic carbocycles. The zero-order chi connectivity index (χ0) is 52.0. The van der Waals surface area contributed by atoms with E-state index in [9.17, 15) is 28.0 Å². The maximum Gasteiger partial charge on any atom is 0.306 e. The van der Waals surface area contributed by atoms with Crippen molar-refractivity contribution in [1.82, 2.24) is 25.1 Å². The van der Waals surface area contributed by atoms with Crippen LogP contribution in [0.1, 0.15) is 112 Å². The van der Waals surface area contributed by atoms with Gasteiger partial charge in [-0.15, -0.1) is 22.7 Å². The Hall–Kier alpha value is -5.72. The standard InChI is InChI=1S/C29H32FN3O3S.C24H26FN3O2S.C5H8O2/c30-23-11-10-22(20-7-1-2-8-21(20)23)24-17-37-28(31-24)25-9-4-14-33(25)29(35)26(18-12-15-36-16-13-18)32-27(34)19-5-3-6-19;25-19-8-7-18(16-4-1-2-5-17(16)19)20-14-31-23(27-20)21-6-3-11-28(21)24(29)22(26)15-9-12-30-13-10-15;6-5(7)4-2-1-3-4/h1-2,7-8,10-11,17-19,25-26H,3-6,9,12-16H2,(H,32,34);1-2,4-5,7-8,14-15,21-22H,3,6,9-13,26H2;4H,1-3H2,(H,6,7)/t25-,26-;21-,22-;/m00./s1. The highest BCUT2D eigenvalue weighted by Crippen LogP contribution is 2.41. The van der Waals surface area contributed by atoms with Gasteiger partial charge in [-0.3, -0.25) is 19.2 Å². The molecule has 0 radical (unpaired) electrons. The quantitative estimate of drug-likeness (QED) is 0.113. The molecule has 4 saturated heterocycles. The van der Waals surface area contributed by atoms with Gasteiger partial charge >= 0.3 is 5.97 Å². The molecule has 4 N–H and O–H groups in total. The van der Waals surface area contributed by atoms with Gasteiger partial charge in [-0.25, -0.2) is 18.7 Å². The molecule has 2 saturated carbocycles. The average Bonchev–Trinajstić information content (AvgIpc) is 4.26. The molecule has 6 fully saturated rings. The van der Waals surface area contributed by atoms with Gasteiger partial charge in [-0.1, -0.05) is 61.4 Å². The summed E-state index contributed by atoms with van der Waals surface area (Å²) in [6.07, 6.45) is 12.6. The number of ether oxygens (including phenoxy) is 2. The summed E-state index contributed by atoms with van der Waals surface area (Å²) in [5.41, 5.74) is 9.81. The molecule has 75 heavy (non-hydrogen) atoms. The van der Waals surface area contributed by atoms with Crippen LogP contribution in [0.15, 0.2) is 83.6 Å². The number of carboxylic acid groups (broad SMARTS) is 1. The molecule has 6 aliphatic rings. The molecule has 396 valence electrons. The van der Waals surface area contributed by atoms with Gasteiger partial charge in [-0.05, 0) is 124 Å². The zero-order valence-corrected chi connectivity index (χ0v) is 43.8. The van der Waals surface area contributed by atoms with Crippen molar-refractivity contribution in [2.24, 2.45) is 29.4 Å². The molecule has 2 aliphatic carbocycles. The van der Waals surface area contributed by atoms with Crippen molar-refractivity contribution < 1.29 is 42.5 Å². The monoisotopic (exact) mass is 1060 g/mol. The number of hydrogen-bond donors (Lipinski definition) is 3. The number of fused-ring (bicyclic) bond motifs is 2. The van der Waals surface area contributed by atoms with E-state index in [2.05, 4.69) is 5.32 Å². The van der Waals surface area contributed by atoms with Crippen molar-refractivity contribution in [2.75, 3.05) is 39.5 Å². The summed E-state index contributed by atoms with van der Waals surface area (Å²) < 4.78 is 39.5. The number of aliphatic carboxylic acids is 1. The number of aromatic nitrogens is 2. The molecule has 6 aromatic rings. The third-order valence-corrected chi connectivity index (χ3v) is 18.2. The van der Waals surface area contributed by atoms with Crippen LogP contribution >= 0.6 is 22.7 Å². The number of carbonyl (C=O) groups excluding carboxylic acids is 3. The number of rotatable bonds is 11. The number of carbonyl (C=O) groups is 4. The van der Waals surface area contributed by atoms with Crippen LogP contribution in [-0.4, -0.2) is 100 Å². The largest absolute Gasteiger partial charge is 0.481 e. The summed E-state index contributed by atoms with van der Waals surface area (Å²) in [6, 6.07) is 20.3. The van der Waals surface area contributed by atoms with Crippen molar-refractivity contribution in [3.63, 3.8) is 0 Å². The van der Waals surface area contributed by atoms with E-state index in [0.717, 1.165) is 140 Å². The van der Waals surface area contributed by atoms with Crippen LogP contribution in [0.4, 0.5) is 8.78 Å². The Kier molecular flexibility index (Phi) is 16.9. The van der Waals surface area contributed by atoms with Crippen molar-refractivity contribution in [3.05, 3.63) is 105 Å². The van der Waals surface area contributed by atoms with E-state index in [4.69, 9.17) is 30.3 Å². The van der Waals surface area contributed by atoms with E-state index in [1.165, 1.54) is 12.1 Å². The number of carboxylic acids is 1. The lowest BCUT2D eigenvalue weighted by molar-refractivity contribution is -0.144. The van der Waals surface area contributed by atoms with Crippen LogP contribution in [0.5, 0.6) is 0 Å². The normalized spacial score (nSPS) is 21.3. The van der Waals surface area contributed by atoms with E-state index in [0.29, 0.717) is 43.7 Å². The molecular formula is C58H66F2N6O7S2. The number of hydrogen-bond acceptors (Lipinski definition) is 11. The molecule has 0 unspecified atom stereocenters. The number of benzene rings is 4. The number of nitrogens with one attached hydrogen (secondary N) is 1. The maximum absolute atomic E-state index is 14.4. The first-order chi connectivity index (χ1) is 36.5. The van der Waals surface area contributed by atoms with Crippen molar-refractivity contribution in [1.29, 1.82) is 0 Å². The molecular weight excluding hydrogens is 995 g/mol. The lowest BCUT2D eigenvalue weighted by Crippen LogP contribution is -2.54. The predicted molar refractivity (Wildman–Crippen MR) is 287 cm³/mol. The van der Waals surface area contributed by atoms with Gasteiger partial charge < -0.3 is 35.4 Å². The first kappa shape index (κ1) is 52.7. The minimum absolute atomic E-state index is 0.000000000000000444. The topological polar surface area (TPSA) is 177 Å². The lowest BCUT2D eigenvalue weighted by Gasteiger charge is -2.36. The first-order valence-electron chi connectivity index (χ1n) is 26.8. The Balaban J connectivity index is 0.000000153. The van der Waals surface area contributed by atoms with E-state index in [1.807, 2.05) is 57.0 Å². The summed E-state index contributed by atoms with van der Waals surface area (Å²) >= 11 is 3.11. The second kappa shape index (κ2) is 24.1. The smallest absolute Gasteiger partial charge is 0.306 e. The number of likely N-dealkylation sites (tertiary alicyclic amines) is 2. The van der Waals surface area contributed by atoms with E-state index in [1.54, 1.807) is 46.9 Å². The molecule has 0 spiro atoms. The van der Waals surface area contributed by atoms with Crippen LogP contribution in [-0.2, 0) is 28.7 Å². The molecule has 12 rings (SSSR count). The lowest BCUT2D eigenvalue weighted by atomic mass is 9.83. The van der Waals surface area contributed by atoms with Gasteiger partial charge in [0.2, 0.25) is 17.7 Å². The minimum Gasteiger partial charge on any atom is -0.481 e. The van der Waals surface area contributed by atoms with Crippen LogP contribution in [0.3, 0.4) is 0 Å². The number of nitrogens with zero attached hydrogens (tertiary/aromatic N) is 4. The van der Waals surface area contributed by atoms with Crippen LogP contribution < -0.4 is 11.1 Å². The van der Waals surface area contributed by atoms with Crippen LogP contribution in [0.25, 0.3) is 44.1 Å². The number of halogens is 2. The van der Waals surface area contributed by atoms with Gasteiger partial charge in [0.15, 0.2) is 0 Å². The molecule has 3 amide bonds. The molecule has 17 heteroatoms. The fourth-order valence-corrected chi connectivity index (χ4v) is 13.3. The van der Waals surface area contributed by atoms with E-state index in [-0.39, 0.29) is 65.1 Å². The third kappa shape index (κ3) is 11.7. The summed E-state index contributed by atoms with van der Waals surface area (Å²) in [5.74, 6) is -0.738. The Labute approximate surface area is 444 Å². The summed E-state index contributed by atoms with van der Waals surface area (Å²) in [7, 11) is 0. The molecule has 4 aliphatic heterocycles. The average molecular weight is 1060 g/mol. The highest BCUT2D eigenvalue weighted by molar-refractivity contribution is 7.10. The van der Waals surface area contributed by atoms with Gasteiger partial charge in [0.25, 0.3) is 0 Å². The zero-order valence-electron chi connectivity index (χ0n) is 42.2. The molecule has 13 nitrogen and oxygen atoms in total. The van der Waals surface area contributed by atoms with Gasteiger partial charge in [0.05, 0.1) is 35.4 Å². The third-order valence-electron chi connectivity index (χ3n) is 16.3. The summed E-state index contributed by atoms with van der Waals surface area (Å²) in [6.45, 7) is 3.98. The maximum atomic E-state index is 14.4. The van der Waals surface area contributed by atoms with E-state index >= 15 is 0 Å². The fourth-order valence-electron chi connectivity index (χ4n) is 11.3. The highest BCUT2D eigenvalue weighted by atomic mass is 32.1. The second-order valence-electron chi connectivity index (χ2n) is 20.8. The van der Waals surface area contributed by atoms with Crippen LogP contribution in [0, 0.1) is 35.3 Å². The van der Waals surface area contributed by atoms with Gasteiger partial charge in [-0.2, -0.15) is 0 Å². The Morgan fingerprint density at radius 1 is 0.587 bits per heavy atom. The van der Waals surface area contributed by atoms with Gasteiger partial charge in [0, 0.05) is 78.1 Å². The fraction of sp³-hybridized carbons (Fsp3) is 0.483. The number of amides is 3. The SMILES string of the molecule is N[C@H](C(=O)N1CCC[C@H]1c1nc(-c2ccc(F)c3ccccc23)cs1)C1CCOCC1.O=C(N[C@H](C(=O)N1CCC[C@H]1c1nc(-c2ccc(F)c3ccccc23)cs1)C1CCOCC1)C1CCC1.O=C(O)C1CCC1. The second-order valence-corrected chi connectivity index (χ2v) is 22.6. The first-order valence-corrected chi connectivity index (χ1v) is 28.6. The molecule has 4 atom stereocenters. The number of nitrogens with two attached hydrogens (primary N) is 1. The Morgan fingerprint density at radius 3 is 1.48 bits per heavy atom. The summed E-state index contributed by atoms with van der Waals surface area (Å²) in [5, 5.41) is 20.1. The van der Waals surface area contributed by atoms with E-state index < -0.39 is 18.1 Å². The van der Waals surface area contributed by atoms with Crippen molar-refractivity contribution in [3.8, 4) is 22.5 Å². The minimum atomic E-state index is -0.619. The molecule has 0 bridgehead atoms. The van der Waals surface area contributed by atoms with Gasteiger partial charge in [0.1, 0.15) is 27.7 Å². The predicted octanol–water partition coefficient (Wildman–Crippen LogP) is 10.9.